The molecule has 2 aliphatic heterocycles. The Hall–Kier alpha value is -1.12. The highest BCUT2D eigenvalue weighted by atomic mass is 16.2. The highest BCUT2D eigenvalue weighted by Crippen LogP contribution is 2.30. The van der Waals surface area contributed by atoms with Crippen molar-refractivity contribution in [2.24, 2.45) is 10.9 Å². The van der Waals surface area contributed by atoms with Gasteiger partial charge in [-0.25, -0.2) is 0 Å². The number of carbonyl (C=O) groups is 1. The predicted molar refractivity (Wildman–Crippen MR) is 58.7 cm³/mol. The Morgan fingerprint density at radius 3 is 3.07 bits per heavy atom. The molecular weight excluding hydrogens is 188 g/mol. The zero-order valence-electron chi connectivity index (χ0n) is 8.85. The Bertz CT molecular complexity index is 346. The summed E-state index contributed by atoms with van der Waals surface area (Å²) >= 11 is 0. The van der Waals surface area contributed by atoms with Crippen LogP contribution in [-0.2, 0) is 4.79 Å². The number of amides is 1. The lowest BCUT2D eigenvalue weighted by atomic mass is 9.86. The first-order chi connectivity index (χ1) is 7.36. The third-order valence-corrected chi connectivity index (χ3v) is 3.64. The van der Waals surface area contributed by atoms with Gasteiger partial charge in [0, 0.05) is 13.0 Å². The maximum Gasteiger partial charge on any atom is 0.233 e. The van der Waals surface area contributed by atoms with Crippen molar-refractivity contribution in [2.75, 3.05) is 6.54 Å². The number of nitrogens with zero attached hydrogens (tertiary/aromatic N) is 2. The SMILES string of the molecule is O=C1[C@@H]2CC=CC[C@H]2N=C2CCCCN12. The van der Waals surface area contributed by atoms with Crippen molar-refractivity contribution < 1.29 is 4.79 Å². The molecule has 3 heteroatoms. The maximum atomic E-state index is 12.2. The first kappa shape index (κ1) is 9.13. The summed E-state index contributed by atoms with van der Waals surface area (Å²) < 4.78 is 0. The van der Waals surface area contributed by atoms with E-state index >= 15 is 0 Å². The number of aliphatic imine (C=N–C) groups is 1. The van der Waals surface area contributed by atoms with Gasteiger partial charge in [-0.15, -0.1) is 0 Å². The van der Waals surface area contributed by atoms with E-state index in [9.17, 15) is 4.79 Å². The highest BCUT2D eigenvalue weighted by molar-refractivity contribution is 6.02. The van der Waals surface area contributed by atoms with Crippen molar-refractivity contribution >= 4 is 11.7 Å². The molecule has 1 saturated heterocycles. The molecule has 3 nitrogen and oxygen atoms in total. The van der Waals surface area contributed by atoms with Crippen LogP contribution in [-0.4, -0.2) is 29.2 Å². The Morgan fingerprint density at radius 2 is 2.13 bits per heavy atom. The van der Waals surface area contributed by atoms with Crippen molar-refractivity contribution in [3.8, 4) is 0 Å². The van der Waals surface area contributed by atoms with Gasteiger partial charge in [0.1, 0.15) is 5.84 Å². The third kappa shape index (κ3) is 1.41. The van der Waals surface area contributed by atoms with Crippen molar-refractivity contribution in [2.45, 2.75) is 38.1 Å². The van der Waals surface area contributed by atoms with Crippen molar-refractivity contribution in [1.82, 2.24) is 4.90 Å². The number of fused-ring (bicyclic) bond motifs is 2. The fourth-order valence-electron chi connectivity index (χ4n) is 2.79. The van der Waals surface area contributed by atoms with Crippen LogP contribution in [0.15, 0.2) is 17.1 Å². The van der Waals surface area contributed by atoms with Gasteiger partial charge < -0.3 is 4.90 Å². The van der Waals surface area contributed by atoms with Crippen LogP contribution in [0.25, 0.3) is 0 Å². The summed E-state index contributed by atoms with van der Waals surface area (Å²) in [4.78, 5) is 18.9. The second-order valence-electron chi connectivity index (χ2n) is 4.61. The van der Waals surface area contributed by atoms with Gasteiger partial charge in [0.2, 0.25) is 5.91 Å². The average Bonchev–Trinajstić information content (AvgIpc) is 2.30. The van der Waals surface area contributed by atoms with Crippen LogP contribution in [0.5, 0.6) is 0 Å². The van der Waals surface area contributed by atoms with E-state index < -0.39 is 0 Å². The molecule has 3 rings (SSSR count). The minimum Gasteiger partial charge on any atom is -0.300 e. The number of hydrogen-bond acceptors (Lipinski definition) is 2. The smallest absolute Gasteiger partial charge is 0.233 e. The number of piperidine rings is 1. The summed E-state index contributed by atoms with van der Waals surface area (Å²) in [6, 6.07) is 0.242. The molecule has 1 fully saturated rings. The second kappa shape index (κ2) is 3.47. The first-order valence-corrected chi connectivity index (χ1v) is 5.89. The average molecular weight is 204 g/mol. The van der Waals surface area contributed by atoms with E-state index in [0.717, 1.165) is 38.1 Å². The molecule has 80 valence electrons. The second-order valence-corrected chi connectivity index (χ2v) is 4.61. The Kier molecular flexibility index (Phi) is 2.11. The molecule has 1 aliphatic carbocycles. The lowest BCUT2D eigenvalue weighted by Crippen LogP contribution is -2.51. The summed E-state index contributed by atoms with van der Waals surface area (Å²) in [6.07, 6.45) is 9.46. The number of rotatable bonds is 0. The quantitative estimate of drug-likeness (QED) is 0.553. The van der Waals surface area contributed by atoms with Gasteiger partial charge in [-0.2, -0.15) is 0 Å². The van der Waals surface area contributed by atoms with Gasteiger partial charge in [0.05, 0.1) is 12.0 Å². The van der Waals surface area contributed by atoms with Crippen LogP contribution in [0.3, 0.4) is 0 Å². The molecule has 3 aliphatic rings. The van der Waals surface area contributed by atoms with Crippen molar-refractivity contribution in [3.05, 3.63) is 12.2 Å². The Labute approximate surface area is 89.9 Å². The lowest BCUT2D eigenvalue weighted by molar-refractivity contribution is -0.133. The largest absolute Gasteiger partial charge is 0.300 e. The zero-order chi connectivity index (χ0) is 10.3. The van der Waals surface area contributed by atoms with E-state index in [2.05, 4.69) is 12.2 Å². The molecule has 15 heavy (non-hydrogen) atoms. The van der Waals surface area contributed by atoms with E-state index in [-0.39, 0.29) is 12.0 Å². The minimum atomic E-state index is 0.136. The molecule has 0 unspecified atom stereocenters. The topological polar surface area (TPSA) is 32.7 Å². The third-order valence-electron chi connectivity index (χ3n) is 3.64. The molecule has 0 N–H and O–H groups in total. The molecule has 0 spiro atoms. The maximum absolute atomic E-state index is 12.2. The van der Waals surface area contributed by atoms with Gasteiger partial charge >= 0.3 is 0 Å². The van der Waals surface area contributed by atoms with Crippen LogP contribution in [0.1, 0.15) is 32.1 Å². The number of carbonyl (C=O) groups excluding carboxylic acids is 1. The Balaban J connectivity index is 1.94. The highest BCUT2D eigenvalue weighted by Gasteiger charge is 2.38. The van der Waals surface area contributed by atoms with Crippen molar-refractivity contribution in [3.63, 3.8) is 0 Å². The Morgan fingerprint density at radius 1 is 1.27 bits per heavy atom. The molecule has 2 atom stereocenters. The summed E-state index contributed by atoms with van der Waals surface area (Å²) in [5.74, 6) is 1.52. The fraction of sp³-hybridized carbons (Fsp3) is 0.667. The number of hydrogen-bond donors (Lipinski definition) is 0. The molecule has 0 saturated carbocycles. The summed E-state index contributed by atoms with van der Waals surface area (Å²) in [5.41, 5.74) is 0. The van der Waals surface area contributed by atoms with E-state index in [0.29, 0.717) is 5.91 Å². The molecule has 0 bridgehead atoms. The molecule has 0 aromatic heterocycles. The summed E-state index contributed by atoms with van der Waals surface area (Å²) in [6.45, 7) is 0.893. The standard InChI is InChI=1S/C12H16N2O/c15-12-9-5-1-2-6-10(9)13-11-7-3-4-8-14(11)12/h1-2,9-10H,3-8H2/t9-,10-/m1/s1. The minimum absolute atomic E-state index is 0.136. The van der Waals surface area contributed by atoms with Crippen LogP contribution < -0.4 is 0 Å². The number of amidine groups is 1. The van der Waals surface area contributed by atoms with Gasteiger partial charge in [-0.05, 0) is 25.7 Å². The summed E-state index contributed by atoms with van der Waals surface area (Å²) in [7, 11) is 0. The molecule has 1 amide bonds. The van der Waals surface area contributed by atoms with Crippen LogP contribution in [0.2, 0.25) is 0 Å². The fourth-order valence-corrected chi connectivity index (χ4v) is 2.79. The molecular formula is C12H16N2O. The van der Waals surface area contributed by atoms with Gasteiger partial charge in [-0.3, -0.25) is 9.79 Å². The summed E-state index contributed by atoms with van der Waals surface area (Å²) in [5, 5.41) is 0. The number of allylic oxidation sites excluding steroid dienone is 1. The van der Waals surface area contributed by atoms with Crippen LogP contribution in [0.4, 0.5) is 0 Å². The molecule has 0 aromatic rings. The van der Waals surface area contributed by atoms with E-state index in [1.54, 1.807) is 0 Å². The van der Waals surface area contributed by atoms with Crippen LogP contribution in [0, 0.1) is 5.92 Å². The monoisotopic (exact) mass is 204 g/mol. The lowest BCUT2D eigenvalue weighted by Gasteiger charge is -2.39. The molecule has 2 heterocycles. The van der Waals surface area contributed by atoms with E-state index in [4.69, 9.17) is 4.99 Å². The van der Waals surface area contributed by atoms with Gasteiger partial charge in [0.25, 0.3) is 0 Å². The van der Waals surface area contributed by atoms with Crippen LogP contribution >= 0.6 is 0 Å². The first-order valence-electron chi connectivity index (χ1n) is 5.89. The molecule has 0 aromatic carbocycles. The van der Waals surface area contributed by atoms with Gasteiger partial charge in [0.15, 0.2) is 0 Å². The van der Waals surface area contributed by atoms with Gasteiger partial charge in [-0.1, -0.05) is 12.2 Å². The van der Waals surface area contributed by atoms with Crippen molar-refractivity contribution in [1.29, 1.82) is 0 Å². The zero-order valence-corrected chi connectivity index (χ0v) is 8.85. The normalized spacial score (nSPS) is 34.5. The molecule has 0 radical (unpaired) electrons. The van der Waals surface area contributed by atoms with E-state index in [1.165, 1.54) is 6.42 Å². The predicted octanol–water partition coefficient (Wildman–Crippen LogP) is 1.75. The van der Waals surface area contributed by atoms with E-state index in [1.807, 2.05) is 4.90 Å².